The molecular weight excluding hydrogens is 258 g/mol. The van der Waals surface area contributed by atoms with E-state index in [1.54, 1.807) is 0 Å². The first-order chi connectivity index (χ1) is 10.2. The van der Waals surface area contributed by atoms with Crippen molar-refractivity contribution < 1.29 is 0 Å². The van der Waals surface area contributed by atoms with E-state index in [0.29, 0.717) is 0 Å². The Bertz CT molecular complexity index is 600. The van der Waals surface area contributed by atoms with Gasteiger partial charge in [0.05, 0.1) is 11.2 Å². The van der Waals surface area contributed by atoms with Gasteiger partial charge in [-0.1, -0.05) is 32.6 Å². The molecular formula is C18H25N3. The largest absolute Gasteiger partial charge is 0.398 e. The Hall–Kier alpha value is -1.77. The lowest BCUT2D eigenvalue weighted by Crippen LogP contribution is -2.16. The first kappa shape index (κ1) is 14.2. The third-order valence-corrected chi connectivity index (χ3v) is 4.81. The first-order valence-corrected chi connectivity index (χ1v) is 8.11. The van der Waals surface area contributed by atoms with Crippen LogP contribution in [0.4, 0.5) is 11.4 Å². The molecule has 0 spiro atoms. The van der Waals surface area contributed by atoms with Crippen LogP contribution in [-0.2, 0) is 0 Å². The van der Waals surface area contributed by atoms with Gasteiger partial charge in [-0.05, 0) is 42.5 Å². The number of hydrogen-bond acceptors (Lipinski definition) is 3. The number of nitrogens with one attached hydrogen (secondary N) is 1. The molecule has 1 saturated carbocycles. The van der Waals surface area contributed by atoms with Crippen LogP contribution in [0.3, 0.4) is 0 Å². The fourth-order valence-electron chi connectivity index (χ4n) is 3.37. The fourth-order valence-corrected chi connectivity index (χ4v) is 3.37. The van der Waals surface area contributed by atoms with E-state index in [-0.39, 0.29) is 0 Å². The third kappa shape index (κ3) is 3.29. The van der Waals surface area contributed by atoms with Gasteiger partial charge in [-0.2, -0.15) is 0 Å². The molecule has 0 saturated heterocycles. The summed E-state index contributed by atoms with van der Waals surface area (Å²) in [6.07, 6.45) is 8.67. The molecule has 0 atom stereocenters. The van der Waals surface area contributed by atoms with E-state index >= 15 is 0 Å². The lowest BCUT2D eigenvalue weighted by molar-refractivity contribution is 0.282. The topological polar surface area (TPSA) is 50.9 Å². The molecule has 1 aliphatic carbocycles. The molecule has 1 aromatic heterocycles. The molecule has 1 aliphatic rings. The summed E-state index contributed by atoms with van der Waals surface area (Å²) in [4.78, 5) is 4.47. The monoisotopic (exact) mass is 283 g/mol. The van der Waals surface area contributed by atoms with E-state index in [1.807, 2.05) is 30.5 Å². The van der Waals surface area contributed by atoms with Gasteiger partial charge in [0.2, 0.25) is 0 Å². The van der Waals surface area contributed by atoms with Crippen LogP contribution < -0.4 is 11.1 Å². The standard InChI is InChI=1S/C18H25N3/c1-13-4-6-14(7-5-13)10-12-20-17-9-8-16(19)15-3-2-11-21-18(15)17/h2-3,8-9,11,13-14,20H,4-7,10,12,19H2,1H3. The van der Waals surface area contributed by atoms with E-state index in [4.69, 9.17) is 5.73 Å². The van der Waals surface area contributed by atoms with Gasteiger partial charge in [0.1, 0.15) is 0 Å². The highest BCUT2D eigenvalue weighted by atomic mass is 14.9. The molecule has 3 N–H and O–H groups in total. The number of anilines is 2. The molecule has 3 heteroatoms. The first-order valence-electron chi connectivity index (χ1n) is 8.11. The van der Waals surface area contributed by atoms with Crippen LogP contribution in [0.15, 0.2) is 30.5 Å². The van der Waals surface area contributed by atoms with Gasteiger partial charge in [-0.3, -0.25) is 4.98 Å². The zero-order valence-electron chi connectivity index (χ0n) is 12.8. The molecule has 0 amide bonds. The molecule has 1 aromatic carbocycles. The third-order valence-electron chi connectivity index (χ3n) is 4.81. The Morgan fingerprint density at radius 1 is 1.19 bits per heavy atom. The van der Waals surface area contributed by atoms with E-state index < -0.39 is 0 Å². The maximum Gasteiger partial charge on any atom is 0.0953 e. The zero-order chi connectivity index (χ0) is 14.7. The smallest absolute Gasteiger partial charge is 0.0953 e. The van der Waals surface area contributed by atoms with Crippen molar-refractivity contribution in [2.24, 2.45) is 11.8 Å². The average molecular weight is 283 g/mol. The van der Waals surface area contributed by atoms with Crippen molar-refractivity contribution in [3.63, 3.8) is 0 Å². The summed E-state index contributed by atoms with van der Waals surface area (Å²) in [7, 11) is 0. The minimum absolute atomic E-state index is 0.796. The van der Waals surface area contributed by atoms with Gasteiger partial charge < -0.3 is 11.1 Å². The van der Waals surface area contributed by atoms with E-state index in [1.165, 1.54) is 32.1 Å². The Balaban J connectivity index is 1.62. The van der Waals surface area contributed by atoms with Crippen molar-refractivity contribution in [1.29, 1.82) is 0 Å². The molecule has 2 aromatic rings. The second kappa shape index (κ2) is 6.33. The Kier molecular flexibility index (Phi) is 4.28. The van der Waals surface area contributed by atoms with Crippen molar-refractivity contribution in [1.82, 2.24) is 4.98 Å². The lowest BCUT2D eigenvalue weighted by Gasteiger charge is -2.26. The summed E-state index contributed by atoms with van der Waals surface area (Å²) in [5.41, 5.74) is 8.89. The summed E-state index contributed by atoms with van der Waals surface area (Å²) in [5, 5.41) is 4.59. The maximum absolute atomic E-state index is 6.02. The predicted octanol–water partition coefficient (Wildman–Crippen LogP) is 4.45. The molecule has 3 nitrogen and oxygen atoms in total. The van der Waals surface area contributed by atoms with Crippen LogP contribution in [0, 0.1) is 11.8 Å². The van der Waals surface area contributed by atoms with Crippen LogP contribution in [0.25, 0.3) is 10.9 Å². The van der Waals surface area contributed by atoms with Crippen molar-refractivity contribution >= 4 is 22.3 Å². The van der Waals surface area contributed by atoms with Gasteiger partial charge in [0.25, 0.3) is 0 Å². The number of aromatic nitrogens is 1. The summed E-state index contributed by atoms with van der Waals surface area (Å²) in [6.45, 7) is 3.40. The fraction of sp³-hybridized carbons (Fsp3) is 0.500. The molecule has 1 heterocycles. The molecule has 0 bridgehead atoms. The average Bonchev–Trinajstić information content (AvgIpc) is 2.52. The minimum atomic E-state index is 0.796. The zero-order valence-corrected chi connectivity index (χ0v) is 12.8. The maximum atomic E-state index is 6.02. The van der Waals surface area contributed by atoms with Crippen LogP contribution in [0.2, 0.25) is 0 Å². The number of pyridine rings is 1. The number of fused-ring (bicyclic) bond motifs is 1. The highest BCUT2D eigenvalue weighted by Crippen LogP contribution is 2.31. The minimum Gasteiger partial charge on any atom is -0.398 e. The number of hydrogen-bond donors (Lipinski definition) is 2. The predicted molar refractivity (Wildman–Crippen MR) is 90.4 cm³/mol. The molecule has 21 heavy (non-hydrogen) atoms. The van der Waals surface area contributed by atoms with Gasteiger partial charge in [0.15, 0.2) is 0 Å². The SMILES string of the molecule is CC1CCC(CCNc2ccc(N)c3cccnc23)CC1. The van der Waals surface area contributed by atoms with E-state index in [9.17, 15) is 0 Å². The second-order valence-corrected chi connectivity index (χ2v) is 6.44. The van der Waals surface area contributed by atoms with Gasteiger partial charge in [-0.15, -0.1) is 0 Å². The molecule has 1 fully saturated rings. The molecule has 112 valence electrons. The highest BCUT2D eigenvalue weighted by molar-refractivity contribution is 5.98. The summed E-state index contributed by atoms with van der Waals surface area (Å²) < 4.78 is 0. The van der Waals surface area contributed by atoms with Crippen molar-refractivity contribution in [3.05, 3.63) is 30.5 Å². The molecule has 3 rings (SSSR count). The molecule has 0 radical (unpaired) electrons. The van der Waals surface area contributed by atoms with E-state index in [0.717, 1.165) is 40.7 Å². The molecule has 0 unspecified atom stereocenters. The summed E-state index contributed by atoms with van der Waals surface area (Å²) in [5.74, 6) is 1.82. The summed E-state index contributed by atoms with van der Waals surface area (Å²) in [6, 6.07) is 7.99. The van der Waals surface area contributed by atoms with Crippen LogP contribution >= 0.6 is 0 Å². The number of nitrogen functional groups attached to an aromatic ring is 1. The number of nitrogens with two attached hydrogens (primary N) is 1. The van der Waals surface area contributed by atoms with Crippen LogP contribution in [-0.4, -0.2) is 11.5 Å². The number of nitrogens with zero attached hydrogens (tertiary/aromatic N) is 1. The summed E-state index contributed by atoms with van der Waals surface area (Å²) >= 11 is 0. The van der Waals surface area contributed by atoms with Gasteiger partial charge in [0, 0.05) is 23.8 Å². The van der Waals surface area contributed by atoms with Crippen molar-refractivity contribution in [3.8, 4) is 0 Å². The van der Waals surface area contributed by atoms with E-state index in [2.05, 4.69) is 17.2 Å². The highest BCUT2D eigenvalue weighted by Gasteiger charge is 2.17. The number of rotatable bonds is 4. The lowest BCUT2D eigenvalue weighted by atomic mass is 9.81. The van der Waals surface area contributed by atoms with Crippen molar-refractivity contribution in [2.75, 3.05) is 17.6 Å². The van der Waals surface area contributed by atoms with Gasteiger partial charge in [-0.25, -0.2) is 0 Å². The van der Waals surface area contributed by atoms with Gasteiger partial charge >= 0.3 is 0 Å². The Morgan fingerprint density at radius 2 is 2.00 bits per heavy atom. The Labute approximate surface area is 127 Å². The Morgan fingerprint density at radius 3 is 2.81 bits per heavy atom. The second-order valence-electron chi connectivity index (χ2n) is 6.44. The number of benzene rings is 1. The van der Waals surface area contributed by atoms with Crippen LogP contribution in [0.1, 0.15) is 39.0 Å². The quantitative estimate of drug-likeness (QED) is 0.815. The van der Waals surface area contributed by atoms with Crippen LogP contribution in [0.5, 0.6) is 0 Å². The van der Waals surface area contributed by atoms with Crippen molar-refractivity contribution in [2.45, 2.75) is 39.0 Å². The molecule has 0 aliphatic heterocycles. The normalized spacial score (nSPS) is 22.3.